The van der Waals surface area contributed by atoms with E-state index in [0.29, 0.717) is 16.8 Å². The van der Waals surface area contributed by atoms with Crippen molar-refractivity contribution in [2.24, 2.45) is 0 Å². The molecule has 0 aliphatic heterocycles. The van der Waals surface area contributed by atoms with Crippen molar-refractivity contribution < 1.29 is 19.6 Å². The minimum absolute atomic E-state index is 0.0590. The number of aromatic hydroxyl groups is 1. The van der Waals surface area contributed by atoms with Gasteiger partial charge in [-0.1, -0.05) is 12.1 Å². The number of hydrogen-bond acceptors (Lipinski definition) is 6. The minimum atomic E-state index is -0.490. The maximum Gasteiger partial charge on any atom is 0.292 e. The van der Waals surface area contributed by atoms with Crippen molar-refractivity contribution in [1.82, 2.24) is 0 Å². The number of carbonyl (C=O) groups is 1. The van der Waals surface area contributed by atoms with Gasteiger partial charge in [-0.2, -0.15) is 0 Å². The number of methoxy groups -OCH3 is 1. The highest BCUT2D eigenvalue weighted by molar-refractivity contribution is 6.07. The van der Waals surface area contributed by atoms with Crippen LogP contribution in [0.2, 0.25) is 0 Å². The molecular formula is C17H16N2O5. The topological polar surface area (TPSA) is 102 Å². The van der Waals surface area contributed by atoms with Crippen LogP contribution >= 0.6 is 0 Å². The van der Waals surface area contributed by atoms with Crippen LogP contribution in [0.4, 0.5) is 11.4 Å². The number of nitrogens with one attached hydrogen (secondary N) is 1. The van der Waals surface area contributed by atoms with Gasteiger partial charge in [-0.3, -0.25) is 14.9 Å². The summed E-state index contributed by atoms with van der Waals surface area (Å²) in [6, 6.07) is 8.89. The van der Waals surface area contributed by atoms with Crippen molar-refractivity contribution in [3.63, 3.8) is 0 Å². The smallest absolute Gasteiger partial charge is 0.292 e. The summed E-state index contributed by atoms with van der Waals surface area (Å²) >= 11 is 0. The third-order valence-electron chi connectivity index (χ3n) is 3.38. The Morgan fingerprint density at radius 2 is 2.04 bits per heavy atom. The van der Waals surface area contributed by atoms with Crippen LogP contribution in [0.5, 0.6) is 11.5 Å². The molecule has 7 heteroatoms. The Bertz CT molecular complexity index is 815. The van der Waals surface area contributed by atoms with Crippen molar-refractivity contribution in [3.05, 3.63) is 63.7 Å². The number of hydrogen-bond donors (Lipinski definition) is 2. The Kier molecular flexibility index (Phi) is 5.16. The normalized spacial score (nSPS) is 10.6. The van der Waals surface area contributed by atoms with Gasteiger partial charge in [-0.05, 0) is 35.9 Å². The monoisotopic (exact) mass is 328 g/mol. The molecule has 2 rings (SSSR count). The van der Waals surface area contributed by atoms with Crippen molar-refractivity contribution in [3.8, 4) is 11.5 Å². The summed E-state index contributed by atoms with van der Waals surface area (Å²) in [6.07, 6.45) is 2.80. The predicted molar refractivity (Wildman–Crippen MR) is 90.7 cm³/mol. The Morgan fingerprint density at radius 1 is 1.29 bits per heavy atom. The van der Waals surface area contributed by atoms with Crippen LogP contribution < -0.4 is 10.1 Å². The molecule has 0 aliphatic carbocycles. The molecule has 0 bridgehead atoms. The number of benzene rings is 2. The fourth-order valence-corrected chi connectivity index (χ4v) is 2.11. The first kappa shape index (κ1) is 17.0. The average molecular weight is 328 g/mol. The lowest BCUT2D eigenvalue weighted by atomic mass is 10.1. The molecule has 2 aromatic rings. The second-order valence-corrected chi connectivity index (χ2v) is 4.87. The van der Waals surface area contributed by atoms with E-state index in [1.54, 1.807) is 19.2 Å². The van der Waals surface area contributed by atoms with E-state index in [1.807, 2.05) is 0 Å². The lowest BCUT2D eigenvalue weighted by Crippen LogP contribution is -1.97. The molecule has 124 valence electrons. The molecule has 2 N–H and O–H groups in total. The average Bonchev–Trinajstić information content (AvgIpc) is 2.59. The molecule has 0 saturated carbocycles. The largest absolute Gasteiger partial charge is 0.504 e. The van der Waals surface area contributed by atoms with Gasteiger partial charge in [0.15, 0.2) is 17.3 Å². The number of rotatable bonds is 6. The Morgan fingerprint density at radius 3 is 2.67 bits per heavy atom. The maximum atomic E-state index is 12.2. The third kappa shape index (κ3) is 3.70. The highest BCUT2D eigenvalue weighted by Gasteiger charge is 2.13. The van der Waals surface area contributed by atoms with Crippen molar-refractivity contribution >= 4 is 23.2 Å². The summed E-state index contributed by atoms with van der Waals surface area (Å²) in [4.78, 5) is 22.7. The van der Waals surface area contributed by atoms with Gasteiger partial charge in [0.25, 0.3) is 5.69 Å². The Hall–Kier alpha value is -3.35. The number of carbonyl (C=O) groups excluding carboxylic acids is 1. The fourth-order valence-electron chi connectivity index (χ4n) is 2.11. The molecular weight excluding hydrogens is 312 g/mol. The minimum Gasteiger partial charge on any atom is -0.504 e. The highest BCUT2D eigenvalue weighted by atomic mass is 16.6. The molecule has 0 aromatic heterocycles. The first-order chi connectivity index (χ1) is 11.5. The number of phenols is 1. The number of phenolic OH excluding ortho intramolecular Hbond substituents is 1. The van der Waals surface area contributed by atoms with Gasteiger partial charge in [0.2, 0.25) is 0 Å². The quantitative estimate of drug-likeness (QED) is 0.365. The van der Waals surface area contributed by atoms with Gasteiger partial charge in [0, 0.05) is 18.7 Å². The zero-order chi connectivity index (χ0) is 17.7. The van der Waals surface area contributed by atoms with E-state index in [4.69, 9.17) is 4.74 Å². The van der Waals surface area contributed by atoms with Crippen LogP contribution in [0.1, 0.15) is 15.9 Å². The summed E-state index contributed by atoms with van der Waals surface area (Å²) in [7, 11) is 2.99. The van der Waals surface area contributed by atoms with E-state index in [1.165, 1.54) is 43.5 Å². The number of allylic oxidation sites excluding steroid dienone is 1. The number of nitrogens with zero attached hydrogens (tertiary/aromatic N) is 1. The Labute approximate surface area is 138 Å². The van der Waals surface area contributed by atoms with E-state index >= 15 is 0 Å². The van der Waals surface area contributed by atoms with E-state index in [2.05, 4.69) is 5.32 Å². The highest BCUT2D eigenvalue weighted by Crippen LogP contribution is 2.27. The molecule has 7 nitrogen and oxygen atoms in total. The first-order valence-electron chi connectivity index (χ1n) is 7.02. The fraction of sp³-hybridized carbons (Fsp3) is 0.118. The molecule has 0 heterocycles. The van der Waals surface area contributed by atoms with E-state index in [-0.39, 0.29) is 23.0 Å². The zero-order valence-corrected chi connectivity index (χ0v) is 13.1. The molecule has 0 fully saturated rings. The number of ether oxygens (including phenoxy) is 1. The molecule has 0 aliphatic rings. The van der Waals surface area contributed by atoms with Gasteiger partial charge in [0.1, 0.15) is 5.69 Å². The summed E-state index contributed by atoms with van der Waals surface area (Å²) in [5, 5.41) is 23.3. The van der Waals surface area contributed by atoms with Gasteiger partial charge < -0.3 is 15.2 Å². The third-order valence-corrected chi connectivity index (χ3v) is 3.38. The summed E-state index contributed by atoms with van der Waals surface area (Å²) in [5.74, 6) is -0.173. The van der Waals surface area contributed by atoms with Gasteiger partial charge in [-0.15, -0.1) is 0 Å². The summed E-state index contributed by atoms with van der Waals surface area (Å²) in [5.41, 5.74) is 1.19. The molecule has 2 aromatic carbocycles. The maximum absolute atomic E-state index is 12.2. The van der Waals surface area contributed by atoms with Gasteiger partial charge in [-0.25, -0.2) is 0 Å². The second-order valence-electron chi connectivity index (χ2n) is 4.87. The Balaban J connectivity index is 2.26. The number of nitro groups is 1. The van der Waals surface area contributed by atoms with E-state index < -0.39 is 4.92 Å². The lowest BCUT2D eigenvalue weighted by molar-refractivity contribution is -0.383. The lowest BCUT2D eigenvalue weighted by Gasteiger charge is -2.04. The first-order valence-corrected chi connectivity index (χ1v) is 7.02. The standard InChI is InChI=1S/C17H16N2O5/c1-18-13-6-3-11(9-14(13)19(22)23)4-7-15(20)12-5-8-16(21)17(10-12)24-2/h3-10,18,21H,1-2H3/b7-4-. The van der Waals surface area contributed by atoms with Crippen LogP contribution in [-0.2, 0) is 0 Å². The molecule has 24 heavy (non-hydrogen) atoms. The number of anilines is 1. The summed E-state index contributed by atoms with van der Waals surface area (Å²) in [6.45, 7) is 0. The molecule has 0 spiro atoms. The van der Waals surface area contributed by atoms with Crippen LogP contribution in [0, 0.1) is 10.1 Å². The van der Waals surface area contributed by atoms with Crippen LogP contribution in [0.15, 0.2) is 42.5 Å². The molecule has 0 saturated heterocycles. The van der Waals surface area contributed by atoms with Gasteiger partial charge in [0.05, 0.1) is 12.0 Å². The van der Waals surface area contributed by atoms with E-state index in [0.717, 1.165) is 0 Å². The van der Waals surface area contributed by atoms with Crippen LogP contribution in [0.3, 0.4) is 0 Å². The SMILES string of the molecule is CNc1ccc(/C=C\C(=O)c2ccc(O)c(OC)c2)cc1[N+](=O)[O-]. The van der Waals surface area contributed by atoms with E-state index in [9.17, 15) is 20.0 Å². The van der Waals surface area contributed by atoms with Crippen molar-refractivity contribution in [1.29, 1.82) is 0 Å². The molecule has 0 unspecified atom stereocenters. The molecule has 0 radical (unpaired) electrons. The van der Waals surface area contributed by atoms with Crippen LogP contribution in [0.25, 0.3) is 6.08 Å². The molecule has 0 amide bonds. The van der Waals surface area contributed by atoms with Gasteiger partial charge >= 0.3 is 0 Å². The predicted octanol–water partition coefficient (Wildman–Crippen LogP) is 3.25. The van der Waals surface area contributed by atoms with Crippen molar-refractivity contribution in [2.75, 3.05) is 19.5 Å². The van der Waals surface area contributed by atoms with Crippen LogP contribution in [-0.4, -0.2) is 30.0 Å². The number of nitro benzene ring substituents is 1. The zero-order valence-electron chi connectivity index (χ0n) is 13.1. The number of ketones is 1. The summed E-state index contributed by atoms with van der Waals surface area (Å²) < 4.78 is 4.96. The second kappa shape index (κ2) is 7.28. The molecule has 0 atom stereocenters. The van der Waals surface area contributed by atoms with Crippen molar-refractivity contribution in [2.45, 2.75) is 0 Å².